The third-order valence-electron chi connectivity index (χ3n) is 8.45. The zero-order valence-corrected chi connectivity index (χ0v) is 21.3. The van der Waals surface area contributed by atoms with Gasteiger partial charge in [0, 0.05) is 0 Å². The molecule has 6 heteroatoms. The number of nitrogens with zero attached hydrogens (tertiary/aromatic N) is 1. The maximum Gasteiger partial charge on any atom is 0.241 e. The lowest BCUT2D eigenvalue weighted by molar-refractivity contribution is -0.120. The first kappa shape index (κ1) is 23.4. The van der Waals surface area contributed by atoms with Crippen LogP contribution in [0.15, 0.2) is 48.5 Å². The van der Waals surface area contributed by atoms with Crippen LogP contribution in [0.25, 0.3) is 0 Å². The van der Waals surface area contributed by atoms with Gasteiger partial charge in [0.25, 0.3) is 0 Å². The standard InChI is InChI=1S/C28H36N2O3S/c1-19-4-6-24(7-5-19)20(2)29-27(31)18-30(34(3,32)33)26-10-8-25(9-11-26)28-15-21-12-22(16-28)14-23(13-21)17-28/h4-11,20-23H,12-18H2,1-3H3,(H,29,31)/t20-,21?,22?,23?,28?/m1/s1. The average Bonchev–Trinajstić information content (AvgIpc) is 2.76. The van der Waals surface area contributed by atoms with Crippen molar-refractivity contribution in [1.82, 2.24) is 5.32 Å². The minimum absolute atomic E-state index is 0.201. The summed E-state index contributed by atoms with van der Waals surface area (Å²) in [6, 6.07) is 15.8. The second-order valence-corrected chi connectivity index (χ2v) is 13.1. The molecule has 0 radical (unpaired) electrons. The Morgan fingerprint density at radius 2 is 1.50 bits per heavy atom. The van der Waals surface area contributed by atoms with Gasteiger partial charge in [-0.3, -0.25) is 9.10 Å². The molecule has 4 aliphatic carbocycles. The summed E-state index contributed by atoms with van der Waals surface area (Å²) in [5, 5.41) is 2.94. The van der Waals surface area contributed by atoms with Crippen molar-refractivity contribution in [2.24, 2.45) is 17.8 Å². The first-order valence-electron chi connectivity index (χ1n) is 12.6. The van der Waals surface area contributed by atoms with Crippen molar-refractivity contribution >= 4 is 21.6 Å². The zero-order valence-electron chi connectivity index (χ0n) is 20.5. The molecule has 0 unspecified atom stereocenters. The number of benzene rings is 2. The fraction of sp³-hybridized carbons (Fsp3) is 0.536. The number of nitrogens with one attached hydrogen (secondary N) is 1. The molecule has 4 saturated carbocycles. The van der Waals surface area contributed by atoms with E-state index in [0.717, 1.165) is 35.1 Å². The highest BCUT2D eigenvalue weighted by Gasteiger charge is 2.51. The van der Waals surface area contributed by atoms with Crippen molar-refractivity contribution < 1.29 is 13.2 Å². The van der Waals surface area contributed by atoms with Crippen molar-refractivity contribution in [1.29, 1.82) is 0 Å². The van der Waals surface area contributed by atoms with Gasteiger partial charge in [-0.25, -0.2) is 8.42 Å². The summed E-state index contributed by atoms with van der Waals surface area (Å²) in [4.78, 5) is 12.8. The van der Waals surface area contributed by atoms with E-state index in [1.807, 2.05) is 50.2 Å². The highest BCUT2D eigenvalue weighted by molar-refractivity contribution is 7.92. The number of anilines is 1. The van der Waals surface area contributed by atoms with Gasteiger partial charge in [0.05, 0.1) is 18.0 Å². The molecule has 5 nitrogen and oxygen atoms in total. The molecular weight excluding hydrogens is 444 g/mol. The molecule has 1 amide bonds. The van der Waals surface area contributed by atoms with E-state index in [1.165, 1.54) is 48.4 Å². The van der Waals surface area contributed by atoms with E-state index in [1.54, 1.807) is 0 Å². The first-order chi connectivity index (χ1) is 16.1. The van der Waals surface area contributed by atoms with Crippen LogP contribution in [-0.2, 0) is 20.2 Å². The van der Waals surface area contributed by atoms with Gasteiger partial charge in [-0.1, -0.05) is 42.0 Å². The SMILES string of the molecule is Cc1ccc([C@@H](C)NC(=O)CN(c2ccc(C34CC5CC(CC(C5)C3)C4)cc2)S(C)(=O)=O)cc1. The van der Waals surface area contributed by atoms with Gasteiger partial charge in [-0.15, -0.1) is 0 Å². The number of hydrogen-bond acceptors (Lipinski definition) is 3. The minimum atomic E-state index is -3.60. The topological polar surface area (TPSA) is 66.5 Å². The Hall–Kier alpha value is -2.34. The highest BCUT2D eigenvalue weighted by atomic mass is 32.2. The van der Waals surface area contributed by atoms with Crippen LogP contribution < -0.4 is 9.62 Å². The Morgan fingerprint density at radius 1 is 0.971 bits per heavy atom. The zero-order chi connectivity index (χ0) is 24.1. The number of sulfonamides is 1. The van der Waals surface area contributed by atoms with E-state index in [0.29, 0.717) is 5.69 Å². The lowest BCUT2D eigenvalue weighted by atomic mass is 9.48. The molecule has 1 atom stereocenters. The van der Waals surface area contributed by atoms with Crippen molar-refractivity contribution in [2.75, 3.05) is 17.1 Å². The predicted octanol–water partition coefficient (Wildman–Crippen LogP) is 5.11. The van der Waals surface area contributed by atoms with Crippen LogP contribution in [0, 0.1) is 24.7 Å². The van der Waals surface area contributed by atoms with Crippen molar-refractivity contribution in [3.63, 3.8) is 0 Å². The number of carbonyl (C=O) groups excluding carboxylic acids is 1. The van der Waals surface area contributed by atoms with Gasteiger partial charge >= 0.3 is 0 Å². The molecule has 34 heavy (non-hydrogen) atoms. The summed E-state index contributed by atoms with van der Waals surface area (Å²) in [5.74, 6) is 2.26. The third kappa shape index (κ3) is 4.61. The molecule has 6 rings (SSSR count). The van der Waals surface area contributed by atoms with E-state index in [4.69, 9.17) is 0 Å². The monoisotopic (exact) mass is 480 g/mol. The Labute approximate surface area is 204 Å². The summed E-state index contributed by atoms with van der Waals surface area (Å²) < 4.78 is 26.4. The Bertz CT molecular complexity index is 1120. The molecule has 0 spiro atoms. The maximum absolute atomic E-state index is 12.8. The summed E-state index contributed by atoms with van der Waals surface area (Å²) in [6.45, 7) is 3.70. The van der Waals surface area contributed by atoms with Crippen LogP contribution in [0.5, 0.6) is 0 Å². The van der Waals surface area contributed by atoms with E-state index < -0.39 is 10.0 Å². The van der Waals surface area contributed by atoms with Crippen LogP contribution in [-0.4, -0.2) is 27.1 Å². The van der Waals surface area contributed by atoms with Crippen LogP contribution in [0.3, 0.4) is 0 Å². The van der Waals surface area contributed by atoms with Crippen molar-refractivity contribution in [2.45, 2.75) is 63.8 Å². The van der Waals surface area contributed by atoms with Crippen LogP contribution in [0.2, 0.25) is 0 Å². The van der Waals surface area contributed by atoms with Gasteiger partial charge in [0.1, 0.15) is 6.54 Å². The van der Waals surface area contributed by atoms with E-state index >= 15 is 0 Å². The molecule has 0 aromatic heterocycles. The molecule has 4 fully saturated rings. The molecule has 1 N–H and O–H groups in total. The number of amides is 1. The number of rotatable bonds is 7. The van der Waals surface area contributed by atoms with E-state index in [-0.39, 0.29) is 23.9 Å². The minimum Gasteiger partial charge on any atom is -0.348 e. The van der Waals surface area contributed by atoms with Crippen LogP contribution in [0.1, 0.15) is 68.2 Å². The molecule has 4 bridgehead atoms. The Morgan fingerprint density at radius 3 is 2.00 bits per heavy atom. The molecule has 182 valence electrons. The largest absolute Gasteiger partial charge is 0.348 e. The maximum atomic E-state index is 12.8. The van der Waals surface area contributed by atoms with E-state index in [2.05, 4.69) is 17.4 Å². The summed E-state index contributed by atoms with van der Waals surface area (Å²) in [5.41, 5.74) is 4.31. The molecule has 0 heterocycles. The molecule has 4 aliphatic rings. The summed E-state index contributed by atoms with van der Waals surface area (Å²) >= 11 is 0. The fourth-order valence-electron chi connectivity index (χ4n) is 7.20. The number of aryl methyl sites for hydroxylation is 1. The van der Waals surface area contributed by atoms with Crippen molar-refractivity contribution in [3.8, 4) is 0 Å². The Kier molecular flexibility index (Phi) is 5.99. The molecule has 2 aromatic carbocycles. The van der Waals surface area contributed by atoms with Gasteiger partial charge in [0.15, 0.2) is 0 Å². The van der Waals surface area contributed by atoms with Crippen molar-refractivity contribution in [3.05, 3.63) is 65.2 Å². The average molecular weight is 481 g/mol. The van der Waals surface area contributed by atoms with Gasteiger partial charge in [-0.05, 0) is 98.8 Å². The van der Waals surface area contributed by atoms with E-state index in [9.17, 15) is 13.2 Å². The van der Waals surface area contributed by atoms with Crippen LogP contribution >= 0.6 is 0 Å². The normalized spacial score (nSPS) is 28.5. The summed E-state index contributed by atoms with van der Waals surface area (Å²) in [7, 11) is -3.60. The smallest absolute Gasteiger partial charge is 0.241 e. The van der Waals surface area contributed by atoms with Gasteiger partial charge in [-0.2, -0.15) is 0 Å². The molecule has 2 aromatic rings. The molecule has 0 aliphatic heterocycles. The Balaban J connectivity index is 1.31. The quantitative estimate of drug-likeness (QED) is 0.599. The second-order valence-electron chi connectivity index (χ2n) is 11.2. The fourth-order valence-corrected chi connectivity index (χ4v) is 8.06. The third-order valence-corrected chi connectivity index (χ3v) is 9.59. The highest BCUT2D eigenvalue weighted by Crippen LogP contribution is 2.60. The molecular formula is C28H36N2O3S. The lowest BCUT2D eigenvalue weighted by Gasteiger charge is -2.57. The van der Waals surface area contributed by atoms with Gasteiger partial charge in [0.2, 0.25) is 15.9 Å². The summed E-state index contributed by atoms with van der Waals surface area (Å²) in [6.07, 6.45) is 9.17. The first-order valence-corrected chi connectivity index (χ1v) is 14.4. The van der Waals surface area contributed by atoms with Crippen LogP contribution in [0.4, 0.5) is 5.69 Å². The lowest BCUT2D eigenvalue weighted by Crippen LogP contribution is -2.48. The van der Waals surface area contributed by atoms with Gasteiger partial charge < -0.3 is 5.32 Å². The number of carbonyl (C=O) groups is 1. The number of hydrogen-bond donors (Lipinski definition) is 1. The second kappa shape index (κ2) is 8.71. The predicted molar refractivity (Wildman–Crippen MR) is 136 cm³/mol. The molecule has 0 saturated heterocycles.